The van der Waals surface area contributed by atoms with Gasteiger partial charge in [-0.2, -0.15) is 0 Å². The number of amides is 1. The van der Waals surface area contributed by atoms with Gasteiger partial charge in [-0.15, -0.1) is 0 Å². The van der Waals surface area contributed by atoms with Gasteiger partial charge >= 0.3 is 0 Å². The van der Waals surface area contributed by atoms with Gasteiger partial charge in [-0.25, -0.2) is 4.39 Å². The fourth-order valence-corrected chi connectivity index (χ4v) is 1.44. The van der Waals surface area contributed by atoms with Crippen LogP contribution in [0.25, 0.3) is 0 Å². The fourth-order valence-electron chi connectivity index (χ4n) is 1.44. The number of hydrogen-bond acceptors (Lipinski definition) is 3. The van der Waals surface area contributed by atoms with E-state index < -0.39 is 11.9 Å². The molecule has 4 nitrogen and oxygen atoms in total. The minimum absolute atomic E-state index is 0.133. The van der Waals surface area contributed by atoms with E-state index in [-0.39, 0.29) is 17.1 Å². The molecule has 0 fully saturated rings. The average molecular weight is 253 g/mol. The maximum Gasteiger partial charge on any atom is 0.242 e. The second kappa shape index (κ2) is 5.25. The van der Waals surface area contributed by atoms with E-state index in [0.717, 1.165) is 0 Å². The molecular weight excluding hydrogens is 233 g/mol. The van der Waals surface area contributed by atoms with Crippen LogP contribution in [0.4, 0.5) is 15.8 Å². The van der Waals surface area contributed by atoms with E-state index in [9.17, 15) is 9.18 Å². The summed E-state index contributed by atoms with van der Waals surface area (Å²) in [6.07, 6.45) is 0. The number of nitrogens with one attached hydrogen (secondary N) is 2. The molecule has 0 saturated heterocycles. The molecule has 4 N–H and O–H groups in total. The topological polar surface area (TPSA) is 67.1 Å². The molecule has 1 aromatic rings. The van der Waals surface area contributed by atoms with Crippen molar-refractivity contribution >= 4 is 17.3 Å². The van der Waals surface area contributed by atoms with E-state index in [4.69, 9.17) is 5.73 Å². The normalized spacial score (nSPS) is 12.9. The molecule has 100 valence electrons. The molecule has 5 heteroatoms. The zero-order valence-corrected chi connectivity index (χ0v) is 11.2. The summed E-state index contributed by atoms with van der Waals surface area (Å²) in [7, 11) is 0. The highest BCUT2D eigenvalue weighted by Crippen LogP contribution is 2.20. The van der Waals surface area contributed by atoms with Crippen LogP contribution in [0.3, 0.4) is 0 Å². The second-order valence-electron chi connectivity index (χ2n) is 5.34. The first kappa shape index (κ1) is 14.3. The summed E-state index contributed by atoms with van der Waals surface area (Å²) in [5.74, 6) is -0.531. The maximum absolute atomic E-state index is 12.9. The zero-order chi connectivity index (χ0) is 13.9. The molecule has 1 unspecified atom stereocenters. The van der Waals surface area contributed by atoms with Gasteiger partial charge < -0.3 is 16.4 Å². The van der Waals surface area contributed by atoms with Crippen molar-refractivity contribution in [2.45, 2.75) is 39.3 Å². The third-order valence-electron chi connectivity index (χ3n) is 2.28. The summed E-state index contributed by atoms with van der Waals surface area (Å²) in [6.45, 7) is 7.45. The van der Waals surface area contributed by atoms with Crippen molar-refractivity contribution in [1.29, 1.82) is 0 Å². The van der Waals surface area contributed by atoms with Gasteiger partial charge in [0.15, 0.2) is 0 Å². The van der Waals surface area contributed by atoms with Crippen LogP contribution in [0, 0.1) is 5.82 Å². The molecule has 0 aromatic heterocycles. The van der Waals surface area contributed by atoms with Gasteiger partial charge in [0.05, 0.1) is 11.4 Å². The molecule has 0 radical (unpaired) electrons. The van der Waals surface area contributed by atoms with E-state index in [1.54, 1.807) is 6.92 Å². The van der Waals surface area contributed by atoms with Crippen molar-refractivity contribution in [2.75, 3.05) is 11.1 Å². The number of halogens is 1. The molecule has 0 heterocycles. The third kappa shape index (κ3) is 4.24. The van der Waals surface area contributed by atoms with Crippen molar-refractivity contribution in [3.63, 3.8) is 0 Å². The highest BCUT2D eigenvalue weighted by atomic mass is 19.1. The Hall–Kier alpha value is -1.78. The van der Waals surface area contributed by atoms with E-state index in [1.165, 1.54) is 18.2 Å². The first-order chi connectivity index (χ1) is 8.19. The maximum atomic E-state index is 12.9. The van der Waals surface area contributed by atoms with Gasteiger partial charge in [-0.05, 0) is 45.9 Å². The number of nitrogen functional groups attached to an aromatic ring is 1. The van der Waals surface area contributed by atoms with Crippen molar-refractivity contribution in [1.82, 2.24) is 5.32 Å². The highest BCUT2D eigenvalue weighted by Gasteiger charge is 2.19. The first-order valence-electron chi connectivity index (χ1n) is 5.82. The molecule has 0 bridgehead atoms. The molecule has 1 aromatic carbocycles. The molecular formula is C13H20FN3O. The van der Waals surface area contributed by atoms with Gasteiger partial charge in [0.25, 0.3) is 0 Å². The number of carbonyl (C=O) groups excluding carboxylic acids is 1. The van der Waals surface area contributed by atoms with Crippen molar-refractivity contribution < 1.29 is 9.18 Å². The predicted octanol–water partition coefficient (Wildman–Crippen LogP) is 2.12. The van der Waals surface area contributed by atoms with Crippen LogP contribution in [-0.4, -0.2) is 17.5 Å². The minimum Gasteiger partial charge on any atom is -0.397 e. The van der Waals surface area contributed by atoms with E-state index in [2.05, 4.69) is 10.6 Å². The summed E-state index contributed by atoms with van der Waals surface area (Å²) in [6, 6.07) is 3.59. The van der Waals surface area contributed by atoms with Crippen LogP contribution in [-0.2, 0) is 4.79 Å². The van der Waals surface area contributed by atoms with E-state index >= 15 is 0 Å². The second-order valence-corrected chi connectivity index (χ2v) is 5.34. The average Bonchev–Trinajstić information content (AvgIpc) is 2.19. The number of hydrogen-bond donors (Lipinski definition) is 3. The Morgan fingerprint density at radius 1 is 1.39 bits per heavy atom. The standard InChI is InChI=1S/C13H20FN3O/c1-8(12(18)17-13(2,3)4)16-11-6-5-9(14)7-10(11)15/h5-8,16H,15H2,1-4H3,(H,17,18). The molecule has 0 saturated carbocycles. The Bertz CT molecular complexity index is 440. The van der Waals surface area contributed by atoms with Crippen molar-refractivity contribution in [2.24, 2.45) is 0 Å². The number of rotatable bonds is 3. The number of nitrogens with two attached hydrogens (primary N) is 1. The van der Waals surface area contributed by atoms with Crippen LogP contribution < -0.4 is 16.4 Å². The van der Waals surface area contributed by atoms with Gasteiger partial charge in [0.1, 0.15) is 11.9 Å². The summed E-state index contributed by atoms with van der Waals surface area (Å²) in [5.41, 5.74) is 6.20. The third-order valence-corrected chi connectivity index (χ3v) is 2.28. The summed E-state index contributed by atoms with van der Waals surface area (Å²) in [5, 5.41) is 5.81. The number of benzene rings is 1. The molecule has 1 atom stereocenters. The Labute approximate surface area is 107 Å². The Morgan fingerprint density at radius 2 is 2.00 bits per heavy atom. The van der Waals surface area contributed by atoms with Gasteiger partial charge in [0, 0.05) is 5.54 Å². The van der Waals surface area contributed by atoms with E-state index in [1.807, 2.05) is 20.8 Å². The molecule has 0 aliphatic heterocycles. The first-order valence-corrected chi connectivity index (χ1v) is 5.82. The molecule has 0 aliphatic carbocycles. The molecule has 0 aliphatic rings. The lowest BCUT2D eigenvalue weighted by molar-refractivity contribution is -0.122. The lowest BCUT2D eigenvalue weighted by Crippen LogP contribution is -2.47. The monoisotopic (exact) mass is 253 g/mol. The van der Waals surface area contributed by atoms with Crippen LogP contribution in [0.5, 0.6) is 0 Å². The lowest BCUT2D eigenvalue weighted by Gasteiger charge is -2.24. The van der Waals surface area contributed by atoms with Gasteiger partial charge in [0.2, 0.25) is 5.91 Å². The Morgan fingerprint density at radius 3 is 2.50 bits per heavy atom. The molecule has 1 rings (SSSR count). The summed E-state index contributed by atoms with van der Waals surface area (Å²) < 4.78 is 12.9. The van der Waals surface area contributed by atoms with E-state index in [0.29, 0.717) is 5.69 Å². The van der Waals surface area contributed by atoms with Crippen LogP contribution >= 0.6 is 0 Å². The number of anilines is 2. The smallest absolute Gasteiger partial charge is 0.242 e. The fraction of sp³-hybridized carbons (Fsp3) is 0.462. The Kier molecular flexibility index (Phi) is 4.16. The Balaban J connectivity index is 2.69. The van der Waals surface area contributed by atoms with Crippen molar-refractivity contribution in [3.05, 3.63) is 24.0 Å². The van der Waals surface area contributed by atoms with Gasteiger partial charge in [-0.1, -0.05) is 0 Å². The van der Waals surface area contributed by atoms with Crippen LogP contribution in [0.1, 0.15) is 27.7 Å². The van der Waals surface area contributed by atoms with Crippen LogP contribution in [0.2, 0.25) is 0 Å². The predicted molar refractivity (Wildman–Crippen MR) is 71.8 cm³/mol. The molecule has 1 amide bonds. The SMILES string of the molecule is CC(Nc1ccc(F)cc1N)C(=O)NC(C)(C)C. The minimum atomic E-state index is -0.447. The molecule has 18 heavy (non-hydrogen) atoms. The van der Waals surface area contributed by atoms with Gasteiger partial charge in [-0.3, -0.25) is 4.79 Å². The summed E-state index contributed by atoms with van der Waals surface area (Å²) >= 11 is 0. The lowest BCUT2D eigenvalue weighted by atomic mass is 10.1. The highest BCUT2D eigenvalue weighted by molar-refractivity contribution is 5.85. The van der Waals surface area contributed by atoms with Crippen LogP contribution in [0.15, 0.2) is 18.2 Å². The number of carbonyl (C=O) groups is 1. The summed E-state index contributed by atoms with van der Waals surface area (Å²) in [4.78, 5) is 11.9. The molecule has 0 spiro atoms. The zero-order valence-electron chi connectivity index (χ0n) is 11.2. The largest absolute Gasteiger partial charge is 0.397 e. The van der Waals surface area contributed by atoms with Crippen molar-refractivity contribution in [3.8, 4) is 0 Å². The quantitative estimate of drug-likeness (QED) is 0.723.